The summed E-state index contributed by atoms with van der Waals surface area (Å²) in [7, 11) is 0. The SMILES string of the molecule is O=C(NCc1cccnc1-n1ccnc1)Nc1nnc(C2CC2)s1. The van der Waals surface area contributed by atoms with E-state index in [1.54, 1.807) is 18.7 Å². The van der Waals surface area contributed by atoms with Gasteiger partial charge in [-0.1, -0.05) is 17.4 Å². The van der Waals surface area contributed by atoms with Crippen molar-refractivity contribution in [3.63, 3.8) is 0 Å². The molecule has 0 aliphatic heterocycles. The molecule has 122 valence electrons. The topological polar surface area (TPSA) is 97.6 Å². The van der Waals surface area contributed by atoms with Crippen molar-refractivity contribution in [2.45, 2.75) is 25.3 Å². The summed E-state index contributed by atoms with van der Waals surface area (Å²) >= 11 is 1.44. The van der Waals surface area contributed by atoms with Crippen molar-refractivity contribution in [1.82, 2.24) is 30.0 Å². The Morgan fingerprint density at radius 1 is 1.33 bits per heavy atom. The molecule has 3 heterocycles. The highest BCUT2D eigenvalue weighted by molar-refractivity contribution is 7.15. The summed E-state index contributed by atoms with van der Waals surface area (Å²) in [5.41, 5.74) is 0.890. The molecule has 4 rings (SSSR count). The Hall–Kier alpha value is -2.81. The molecule has 0 aromatic carbocycles. The van der Waals surface area contributed by atoms with Crippen LogP contribution in [0, 0.1) is 0 Å². The number of nitrogens with one attached hydrogen (secondary N) is 2. The number of nitrogens with zero attached hydrogens (tertiary/aromatic N) is 5. The van der Waals surface area contributed by atoms with Gasteiger partial charge in [-0.15, -0.1) is 10.2 Å². The third-order valence-corrected chi connectivity index (χ3v) is 4.64. The second kappa shape index (κ2) is 6.36. The van der Waals surface area contributed by atoms with Crippen molar-refractivity contribution in [2.75, 3.05) is 5.32 Å². The van der Waals surface area contributed by atoms with E-state index in [4.69, 9.17) is 0 Å². The van der Waals surface area contributed by atoms with Gasteiger partial charge in [-0.05, 0) is 18.9 Å². The molecule has 1 aliphatic rings. The van der Waals surface area contributed by atoms with Gasteiger partial charge >= 0.3 is 6.03 Å². The molecule has 2 amide bonds. The Labute approximate surface area is 142 Å². The number of aromatic nitrogens is 5. The van der Waals surface area contributed by atoms with Crippen molar-refractivity contribution in [2.24, 2.45) is 0 Å². The van der Waals surface area contributed by atoms with E-state index in [0.29, 0.717) is 17.6 Å². The number of pyridine rings is 1. The number of carbonyl (C=O) groups excluding carboxylic acids is 1. The summed E-state index contributed by atoms with van der Waals surface area (Å²) in [4.78, 5) is 20.4. The molecule has 24 heavy (non-hydrogen) atoms. The molecule has 0 spiro atoms. The minimum Gasteiger partial charge on any atom is -0.334 e. The highest BCUT2D eigenvalue weighted by Crippen LogP contribution is 2.41. The lowest BCUT2D eigenvalue weighted by atomic mass is 10.2. The number of imidazole rings is 1. The molecule has 0 unspecified atom stereocenters. The molecule has 1 fully saturated rings. The molecule has 1 aliphatic carbocycles. The lowest BCUT2D eigenvalue weighted by Gasteiger charge is -2.10. The maximum Gasteiger partial charge on any atom is 0.321 e. The predicted octanol–water partition coefficient (Wildman–Crippen LogP) is 2.32. The van der Waals surface area contributed by atoms with E-state index in [9.17, 15) is 4.79 Å². The lowest BCUT2D eigenvalue weighted by molar-refractivity contribution is 0.251. The normalized spacial score (nSPS) is 13.7. The van der Waals surface area contributed by atoms with Crippen molar-refractivity contribution < 1.29 is 4.79 Å². The number of anilines is 1. The lowest BCUT2D eigenvalue weighted by Crippen LogP contribution is -2.28. The van der Waals surface area contributed by atoms with Gasteiger partial charge in [0, 0.05) is 36.6 Å². The van der Waals surface area contributed by atoms with E-state index in [2.05, 4.69) is 30.8 Å². The van der Waals surface area contributed by atoms with Crippen LogP contribution in [0.2, 0.25) is 0 Å². The summed E-state index contributed by atoms with van der Waals surface area (Å²) in [6.07, 6.45) is 9.21. The fraction of sp³-hybridized carbons (Fsp3) is 0.267. The van der Waals surface area contributed by atoms with E-state index in [1.807, 2.05) is 22.9 Å². The number of amides is 2. The Kier molecular flexibility index (Phi) is 3.91. The zero-order valence-electron chi connectivity index (χ0n) is 12.7. The average Bonchev–Trinajstić information content (AvgIpc) is 3.10. The fourth-order valence-electron chi connectivity index (χ4n) is 2.28. The van der Waals surface area contributed by atoms with Crippen LogP contribution in [0.1, 0.15) is 29.3 Å². The number of hydrogen-bond donors (Lipinski definition) is 2. The number of rotatable bonds is 5. The maximum atomic E-state index is 12.1. The molecule has 9 heteroatoms. The van der Waals surface area contributed by atoms with Gasteiger partial charge in [0.15, 0.2) is 0 Å². The van der Waals surface area contributed by atoms with Crippen LogP contribution >= 0.6 is 11.3 Å². The second-order valence-electron chi connectivity index (χ2n) is 5.48. The summed E-state index contributed by atoms with van der Waals surface area (Å²) in [6.45, 7) is 0.349. The standard InChI is InChI=1S/C15H15N7OS/c23-14(19-15-21-20-13(24-15)10-3-4-10)18-8-11-2-1-5-17-12(11)22-7-6-16-9-22/h1-2,5-7,9-10H,3-4,8H2,(H2,18,19,21,23). The predicted molar refractivity (Wildman–Crippen MR) is 89.1 cm³/mol. The summed E-state index contributed by atoms with van der Waals surface area (Å²) in [5.74, 6) is 1.27. The minimum absolute atomic E-state index is 0.311. The maximum absolute atomic E-state index is 12.1. The van der Waals surface area contributed by atoms with Gasteiger partial charge in [0.1, 0.15) is 17.2 Å². The van der Waals surface area contributed by atoms with Crippen LogP contribution in [-0.4, -0.2) is 30.8 Å². The van der Waals surface area contributed by atoms with Crippen molar-refractivity contribution in [3.8, 4) is 5.82 Å². The Bertz CT molecular complexity index is 841. The second-order valence-corrected chi connectivity index (χ2v) is 6.49. The van der Waals surface area contributed by atoms with E-state index in [1.165, 1.54) is 24.2 Å². The van der Waals surface area contributed by atoms with Gasteiger partial charge in [0.05, 0.1) is 0 Å². The molecule has 0 atom stereocenters. The smallest absolute Gasteiger partial charge is 0.321 e. The van der Waals surface area contributed by atoms with E-state index < -0.39 is 0 Å². The third-order valence-electron chi connectivity index (χ3n) is 3.64. The quantitative estimate of drug-likeness (QED) is 0.742. The molecule has 1 saturated carbocycles. The van der Waals surface area contributed by atoms with Gasteiger partial charge < -0.3 is 5.32 Å². The zero-order valence-corrected chi connectivity index (χ0v) is 13.5. The Morgan fingerprint density at radius 3 is 3.04 bits per heavy atom. The van der Waals surface area contributed by atoms with Crippen LogP contribution in [-0.2, 0) is 6.54 Å². The summed E-state index contributed by atoms with van der Waals surface area (Å²) in [5, 5.41) is 15.2. The Balaban J connectivity index is 1.38. The van der Waals surface area contributed by atoms with Crippen LogP contribution in [0.15, 0.2) is 37.1 Å². The Morgan fingerprint density at radius 2 is 2.25 bits per heavy atom. The van der Waals surface area contributed by atoms with E-state index >= 15 is 0 Å². The van der Waals surface area contributed by atoms with Crippen LogP contribution in [0.3, 0.4) is 0 Å². The van der Waals surface area contributed by atoms with Gasteiger partial charge in [-0.2, -0.15) is 0 Å². The van der Waals surface area contributed by atoms with Crippen LogP contribution in [0.4, 0.5) is 9.93 Å². The first kappa shape index (κ1) is 14.8. The highest BCUT2D eigenvalue weighted by Gasteiger charge is 2.27. The number of urea groups is 1. The van der Waals surface area contributed by atoms with Crippen molar-refractivity contribution in [1.29, 1.82) is 0 Å². The van der Waals surface area contributed by atoms with Gasteiger partial charge in [0.2, 0.25) is 5.13 Å². The molecule has 2 N–H and O–H groups in total. The van der Waals surface area contributed by atoms with Gasteiger partial charge in [-0.3, -0.25) is 9.88 Å². The molecule has 0 bridgehead atoms. The van der Waals surface area contributed by atoms with Gasteiger partial charge in [-0.25, -0.2) is 14.8 Å². The molecule has 3 aromatic rings. The molecule has 0 radical (unpaired) electrons. The van der Waals surface area contributed by atoms with Crippen LogP contribution in [0.25, 0.3) is 5.82 Å². The van der Waals surface area contributed by atoms with E-state index in [0.717, 1.165) is 16.4 Å². The first-order valence-corrected chi connectivity index (χ1v) is 8.42. The highest BCUT2D eigenvalue weighted by atomic mass is 32.1. The third kappa shape index (κ3) is 3.25. The van der Waals surface area contributed by atoms with Crippen LogP contribution < -0.4 is 10.6 Å². The zero-order chi connectivity index (χ0) is 16.4. The fourth-order valence-corrected chi connectivity index (χ4v) is 3.19. The summed E-state index contributed by atoms with van der Waals surface area (Å²) in [6, 6.07) is 3.44. The average molecular weight is 341 g/mol. The molecule has 3 aromatic heterocycles. The largest absolute Gasteiger partial charge is 0.334 e. The molecule has 0 saturated heterocycles. The minimum atomic E-state index is -0.311. The van der Waals surface area contributed by atoms with Crippen molar-refractivity contribution >= 4 is 22.5 Å². The molecular weight excluding hydrogens is 326 g/mol. The van der Waals surface area contributed by atoms with E-state index in [-0.39, 0.29) is 6.03 Å². The number of hydrogen-bond acceptors (Lipinski definition) is 6. The van der Waals surface area contributed by atoms with Crippen LogP contribution in [0.5, 0.6) is 0 Å². The van der Waals surface area contributed by atoms with Crippen molar-refractivity contribution in [3.05, 3.63) is 47.6 Å². The van der Waals surface area contributed by atoms with Gasteiger partial charge in [0.25, 0.3) is 0 Å². The first-order chi connectivity index (χ1) is 11.8. The molecular formula is C15H15N7OS. The first-order valence-electron chi connectivity index (χ1n) is 7.60. The summed E-state index contributed by atoms with van der Waals surface area (Å²) < 4.78 is 1.81. The number of carbonyl (C=O) groups is 1. The monoisotopic (exact) mass is 341 g/mol. The molecule has 8 nitrogen and oxygen atoms in total.